The predicted molar refractivity (Wildman–Crippen MR) is 146 cm³/mol. The number of amides is 1. The van der Waals surface area contributed by atoms with Crippen molar-refractivity contribution >= 4 is 33.9 Å². The van der Waals surface area contributed by atoms with Gasteiger partial charge in [-0.25, -0.2) is 4.79 Å². The largest absolute Gasteiger partial charge is 0.490 e. The van der Waals surface area contributed by atoms with E-state index >= 15 is 0 Å². The van der Waals surface area contributed by atoms with Crippen LogP contribution in [0.4, 0.5) is 0 Å². The number of furan rings is 1. The van der Waals surface area contributed by atoms with E-state index in [0.717, 1.165) is 10.0 Å². The van der Waals surface area contributed by atoms with Crippen LogP contribution < -0.4 is 19.5 Å². The fourth-order valence-electron chi connectivity index (χ4n) is 3.46. The molecule has 1 aromatic heterocycles. The van der Waals surface area contributed by atoms with Crippen molar-refractivity contribution in [3.63, 3.8) is 0 Å². The molecule has 0 bridgehead atoms. The van der Waals surface area contributed by atoms with E-state index in [2.05, 4.69) is 42.0 Å². The van der Waals surface area contributed by atoms with Crippen molar-refractivity contribution in [3.05, 3.63) is 81.7 Å². The van der Waals surface area contributed by atoms with E-state index in [1.54, 1.807) is 37.3 Å². The zero-order chi connectivity index (χ0) is 27.7. The molecule has 0 spiro atoms. The Morgan fingerprint density at radius 1 is 1.08 bits per heavy atom. The van der Waals surface area contributed by atoms with Gasteiger partial charge >= 0.3 is 5.97 Å². The highest BCUT2D eigenvalue weighted by molar-refractivity contribution is 9.10. The van der Waals surface area contributed by atoms with Crippen molar-refractivity contribution in [1.82, 2.24) is 5.32 Å². The van der Waals surface area contributed by atoms with E-state index < -0.39 is 11.9 Å². The summed E-state index contributed by atoms with van der Waals surface area (Å²) in [5.74, 6) is 0.507. The van der Waals surface area contributed by atoms with Crippen LogP contribution in [0.15, 0.2) is 69.3 Å². The number of benzene rings is 2. The lowest BCUT2D eigenvalue weighted by atomic mass is 9.86. The highest BCUT2D eigenvalue weighted by Crippen LogP contribution is 2.34. The molecule has 0 saturated carbocycles. The van der Waals surface area contributed by atoms with E-state index in [9.17, 15) is 14.9 Å². The number of rotatable bonds is 10. The predicted octanol–water partition coefficient (Wildman–Crippen LogP) is 5.95. The number of hydrogen-bond acceptors (Lipinski definition) is 7. The van der Waals surface area contributed by atoms with Gasteiger partial charge in [-0.2, -0.15) is 5.26 Å². The van der Waals surface area contributed by atoms with Crippen LogP contribution in [0.2, 0.25) is 0 Å². The number of carbonyl (C=O) groups is 2. The molecule has 0 aliphatic carbocycles. The number of nitrogens with zero attached hydrogens (tertiary/aromatic N) is 1. The molecule has 0 fully saturated rings. The standard InChI is InChI=1S/C29H29BrN2O6/c1-5-35-26-14-19(13-20(16-31)28(34)32-17-22-7-6-12-36-22)8-10-25(26)38-27(33)18-37-24-11-9-21(30)15-23(24)29(2,3)4/h6-15H,5,17-18H2,1-4H3,(H,32,34)/b20-13+. The SMILES string of the molecule is CCOc1cc(/C=C(\C#N)C(=O)NCc2ccco2)ccc1OC(=O)COc1ccc(Br)cc1C(C)(C)C. The third-order valence-corrected chi connectivity index (χ3v) is 5.76. The molecule has 1 N–H and O–H groups in total. The first-order valence-corrected chi connectivity index (χ1v) is 12.7. The van der Waals surface area contributed by atoms with Gasteiger partial charge < -0.3 is 23.9 Å². The topological polar surface area (TPSA) is 111 Å². The molecule has 198 valence electrons. The molecule has 0 saturated heterocycles. The Bertz CT molecular complexity index is 1350. The van der Waals surface area contributed by atoms with E-state index in [-0.39, 0.29) is 29.9 Å². The van der Waals surface area contributed by atoms with Gasteiger partial charge in [0.15, 0.2) is 18.1 Å². The summed E-state index contributed by atoms with van der Waals surface area (Å²) >= 11 is 3.48. The monoisotopic (exact) mass is 580 g/mol. The maximum absolute atomic E-state index is 12.6. The van der Waals surface area contributed by atoms with Gasteiger partial charge in [0.05, 0.1) is 19.4 Å². The Hall–Kier alpha value is -4.03. The van der Waals surface area contributed by atoms with E-state index in [4.69, 9.17) is 18.6 Å². The van der Waals surface area contributed by atoms with Gasteiger partial charge in [0.1, 0.15) is 23.2 Å². The molecular formula is C29H29BrN2O6. The van der Waals surface area contributed by atoms with Crippen molar-refractivity contribution in [2.45, 2.75) is 39.7 Å². The Morgan fingerprint density at radius 3 is 2.50 bits per heavy atom. The van der Waals surface area contributed by atoms with Gasteiger partial charge in [-0.3, -0.25) is 4.79 Å². The number of nitriles is 1. The summed E-state index contributed by atoms with van der Waals surface area (Å²) in [5.41, 5.74) is 1.19. The van der Waals surface area contributed by atoms with Crippen LogP contribution >= 0.6 is 15.9 Å². The molecule has 0 aliphatic rings. The quantitative estimate of drug-likeness (QED) is 0.136. The molecule has 1 heterocycles. The number of ether oxygens (including phenoxy) is 3. The number of carbonyl (C=O) groups excluding carboxylic acids is 2. The third kappa shape index (κ3) is 7.98. The lowest BCUT2D eigenvalue weighted by molar-refractivity contribution is -0.136. The third-order valence-electron chi connectivity index (χ3n) is 5.27. The summed E-state index contributed by atoms with van der Waals surface area (Å²) < 4.78 is 23.0. The highest BCUT2D eigenvalue weighted by atomic mass is 79.9. The number of esters is 1. The smallest absolute Gasteiger partial charge is 0.349 e. The fraction of sp³-hybridized carbons (Fsp3) is 0.276. The summed E-state index contributed by atoms with van der Waals surface area (Å²) in [4.78, 5) is 25.0. The molecule has 9 heteroatoms. The molecule has 1 amide bonds. The van der Waals surface area contributed by atoms with Crippen LogP contribution in [0.25, 0.3) is 6.08 Å². The van der Waals surface area contributed by atoms with Crippen molar-refractivity contribution in [3.8, 4) is 23.3 Å². The van der Waals surface area contributed by atoms with Crippen LogP contribution in [-0.2, 0) is 21.5 Å². The van der Waals surface area contributed by atoms with Crippen LogP contribution in [0.3, 0.4) is 0 Å². The lowest BCUT2D eigenvalue weighted by Crippen LogP contribution is -2.23. The Labute approximate surface area is 230 Å². The minimum atomic E-state index is -0.605. The second kappa shape index (κ2) is 13.0. The normalized spacial score (nSPS) is 11.4. The molecule has 3 aromatic rings. The number of nitrogens with one attached hydrogen (secondary N) is 1. The number of halogens is 1. The molecule has 0 radical (unpaired) electrons. The molecular weight excluding hydrogens is 552 g/mol. The average Bonchev–Trinajstić information content (AvgIpc) is 3.40. The average molecular weight is 581 g/mol. The first-order valence-electron chi connectivity index (χ1n) is 11.9. The summed E-state index contributed by atoms with van der Waals surface area (Å²) in [6.07, 6.45) is 2.93. The Balaban J connectivity index is 1.70. The van der Waals surface area contributed by atoms with Crippen LogP contribution in [-0.4, -0.2) is 25.1 Å². The summed E-state index contributed by atoms with van der Waals surface area (Å²) in [5, 5.41) is 12.1. The van der Waals surface area contributed by atoms with Crippen molar-refractivity contribution in [2.24, 2.45) is 0 Å². The molecule has 0 aliphatic heterocycles. The van der Waals surface area contributed by atoms with E-state index in [1.807, 2.05) is 24.3 Å². The second-order valence-corrected chi connectivity index (χ2v) is 10.1. The summed E-state index contributed by atoms with van der Waals surface area (Å²) in [6.45, 7) is 8.15. The fourth-order valence-corrected chi connectivity index (χ4v) is 3.82. The van der Waals surface area contributed by atoms with Crippen molar-refractivity contribution in [1.29, 1.82) is 5.26 Å². The molecule has 38 heavy (non-hydrogen) atoms. The maximum atomic E-state index is 12.6. The second-order valence-electron chi connectivity index (χ2n) is 9.22. The van der Waals surface area contributed by atoms with Gasteiger partial charge in [-0.1, -0.05) is 42.8 Å². The van der Waals surface area contributed by atoms with Gasteiger partial charge in [-0.15, -0.1) is 0 Å². The van der Waals surface area contributed by atoms with Crippen LogP contribution in [0.1, 0.15) is 44.6 Å². The van der Waals surface area contributed by atoms with Crippen molar-refractivity contribution < 1.29 is 28.2 Å². The van der Waals surface area contributed by atoms with E-state index in [1.165, 1.54) is 12.3 Å². The minimum Gasteiger partial charge on any atom is -0.490 e. The maximum Gasteiger partial charge on any atom is 0.349 e. The molecule has 8 nitrogen and oxygen atoms in total. The Kier molecular flexibility index (Phi) is 9.74. The van der Waals surface area contributed by atoms with Gasteiger partial charge in [-0.05, 0) is 66.4 Å². The Morgan fingerprint density at radius 2 is 1.84 bits per heavy atom. The summed E-state index contributed by atoms with van der Waals surface area (Å²) in [7, 11) is 0. The van der Waals surface area contributed by atoms with Gasteiger partial charge in [0, 0.05) is 10.0 Å². The number of hydrogen-bond donors (Lipinski definition) is 1. The van der Waals surface area contributed by atoms with Gasteiger partial charge in [0.2, 0.25) is 0 Å². The molecule has 2 aromatic carbocycles. The van der Waals surface area contributed by atoms with Crippen LogP contribution in [0, 0.1) is 11.3 Å². The van der Waals surface area contributed by atoms with Gasteiger partial charge in [0.25, 0.3) is 5.91 Å². The zero-order valence-corrected chi connectivity index (χ0v) is 23.3. The molecule has 0 atom stereocenters. The highest BCUT2D eigenvalue weighted by Gasteiger charge is 2.21. The van der Waals surface area contributed by atoms with E-state index in [0.29, 0.717) is 29.4 Å². The van der Waals surface area contributed by atoms with Crippen molar-refractivity contribution in [2.75, 3.05) is 13.2 Å². The minimum absolute atomic E-state index is 0.0960. The lowest BCUT2D eigenvalue weighted by Gasteiger charge is -2.23. The van der Waals surface area contributed by atoms with Crippen LogP contribution in [0.5, 0.6) is 17.2 Å². The zero-order valence-electron chi connectivity index (χ0n) is 21.7. The molecule has 3 rings (SSSR count). The molecule has 0 unspecified atom stereocenters. The first-order chi connectivity index (χ1) is 18.1. The first kappa shape index (κ1) is 28.5. The summed E-state index contributed by atoms with van der Waals surface area (Å²) in [6, 6.07) is 15.7.